The van der Waals surface area contributed by atoms with E-state index in [2.05, 4.69) is 20.6 Å². The van der Waals surface area contributed by atoms with E-state index in [0.717, 1.165) is 16.6 Å². The first-order valence-electron chi connectivity index (χ1n) is 8.52. The van der Waals surface area contributed by atoms with E-state index < -0.39 is 5.82 Å². The van der Waals surface area contributed by atoms with Crippen molar-refractivity contribution in [3.05, 3.63) is 89.7 Å². The van der Waals surface area contributed by atoms with Crippen molar-refractivity contribution in [2.75, 3.05) is 10.6 Å². The predicted molar refractivity (Wildman–Crippen MR) is 104 cm³/mol. The van der Waals surface area contributed by atoms with Gasteiger partial charge in [-0.3, -0.25) is 4.79 Å². The monoisotopic (exact) mass is 360 g/mol. The van der Waals surface area contributed by atoms with E-state index >= 15 is 0 Å². The normalized spacial score (nSPS) is 10.7. The van der Waals surface area contributed by atoms with Gasteiger partial charge in [0.25, 0.3) is 5.91 Å². The highest BCUT2D eigenvalue weighted by molar-refractivity contribution is 6.04. The van der Waals surface area contributed by atoms with Crippen molar-refractivity contribution in [3.63, 3.8) is 0 Å². The molecule has 0 unspecified atom stereocenters. The summed E-state index contributed by atoms with van der Waals surface area (Å²) in [5.41, 5.74) is 3.77. The van der Waals surface area contributed by atoms with Gasteiger partial charge < -0.3 is 15.6 Å². The van der Waals surface area contributed by atoms with Gasteiger partial charge in [0.2, 0.25) is 5.95 Å². The molecular formula is C21H17FN4O. The molecule has 0 aliphatic rings. The molecule has 0 spiro atoms. The predicted octanol–water partition coefficient (Wildman–Crippen LogP) is 4.57. The zero-order valence-electron chi connectivity index (χ0n) is 14.4. The smallest absolute Gasteiger partial charge is 0.255 e. The van der Waals surface area contributed by atoms with Gasteiger partial charge in [0, 0.05) is 17.8 Å². The van der Waals surface area contributed by atoms with Crippen molar-refractivity contribution in [1.29, 1.82) is 0 Å². The summed E-state index contributed by atoms with van der Waals surface area (Å²) in [6.07, 6.45) is 0. The highest BCUT2D eigenvalue weighted by Gasteiger charge is 2.08. The van der Waals surface area contributed by atoms with Crippen LogP contribution in [0.25, 0.3) is 11.0 Å². The standard InChI is InChI=1S/C21H17FN4O/c22-16-7-4-6-15(12-16)20(27)24-17-8-3-5-14(11-17)13-23-21-25-18-9-1-2-10-19(18)26-21/h1-12H,13H2,(H,24,27)(H2,23,25,26). The highest BCUT2D eigenvalue weighted by atomic mass is 19.1. The van der Waals surface area contributed by atoms with Crippen LogP contribution in [0.2, 0.25) is 0 Å². The largest absolute Gasteiger partial charge is 0.352 e. The molecule has 1 amide bonds. The van der Waals surface area contributed by atoms with Crippen LogP contribution in [-0.4, -0.2) is 15.9 Å². The Morgan fingerprint density at radius 1 is 1.00 bits per heavy atom. The number of fused-ring (bicyclic) bond motifs is 1. The number of hydrogen-bond donors (Lipinski definition) is 3. The number of carbonyl (C=O) groups excluding carboxylic acids is 1. The average Bonchev–Trinajstić information content (AvgIpc) is 3.10. The van der Waals surface area contributed by atoms with Crippen LogP contribution in [-0.2, 0) is 6.54 Å². The Bertz CT molecular complexity index is 1070. The lowest BCUT2D eigenvalue weighted by Crippen LogP contribution is -2.12. The van der Waals surface area contributed by atoms with Crippen LogP contribution >= 0.6 is 0 Å². The molecule has 4 rings (SSSR count). The molecule has 27 heavy (non-hydrogen) atoms. The molecular weight excluding hydrogens is 343 g/mol. The van der Waals surface area contributed by atoms with Gasteiger partial charge in [0.1, 0.15) is 5.82 Å². The van der Waals surface area contributed by atoms with Gasteiger partial charge in [-0.05, 0) is 48.0 Å². The maximum Gasteiger partial charge on any atom is 0.255 e. The number of carbonyl (C=O) groups is 1. The van der Waals surface area contributed by atoms with Crippen LogP contribution in [0.1, 0.15) is 15.9 Å². The van der Waals surface area contributed by atoms with E-state index in [4.69, 9.17) is 0 Å². The Labute approximate surface area is 155 Å². The maximum absolute atomic E-state index is 13.3. The van der Waals surface area contributed by atoms with Crippen LogP contribution in [0.4, 0.5) is 16.0 Å². The third kappa shape index (κ3) is 3.95. The van der Waals surface area contributed by atoms with E-state index in [0.29, 0.717) is 18.2 Å². The van der Waals surface area contributed by atoms with Crippen molar-refractivity contribution >= 4 is 28.6 Å². The number of benzene rings is 3. The van der Waals surface area contributed by atoms with Crippen molar-refractivity contribution in [2.45, 2.75) is 6.54 Å². The Balaban J connectivity index is 1.43. The third-order valence-corrected chi connectivity index (χ3v) is 4.12. The lowest BCUT2D eigenvalue weighted by Gasteiger charge is -2.08. The Hall–Kier alpha value is -3.67. The first-order chi connectivity index (χ1) is 13.2. The van der Waals surface area contributed by atoms with E-state index in [1.54, 1.807) is 12.1 Å². The van der Waals surface area contributed by atoms with Crippen LogP contribution in [0.3, 0.4) is 0 Å². The Kier molecular flexibility index (Phi) is 4.53. The van der Waals surface area contributed by atoms with Gasteiger partial charge in [-0.25, -0.2) is 9.37 Å². The SMILES string of the molecule is O=C(Nc1cccc(CNc2nc3ccccc3[nH]2)c1)c1cccc(F)c1. The summed E-state index contributed by atoms with van der Waals surface area (Å²) in [6.45, 7) is 0.545. The summed E-state index contributed by atoms with van der Waals surface area (Å²) >= 11 is 0. The topological polar surface area (TPSA) is 69.8 Å². The second kappa shape index (κ2) is 7.29. The van der Waals surface area contributed by atoms with E-state index in [-0.39, 0.29) is 11.5 Å². The van der Waals surface area contributed by atoms with Crippen molar-refractivity contribution < 1.29 is 9.18 Å². The van der Waals surface area contributed by atoms with Crippen molar-refractivity contribution in [3.8, 4) is 0 Å². The number of para-hydroxylation sites is 2. The van der Waals surface area contributed by atoms with Crippen LogP contribution in [0.15, 0.2) is 72.8 Å². The third-order valence-electron chi connectivity index (χ3n) is 4.12. The fraction of sp³-hybridized carbons (Fsp3) is 0.0476. The zero-order valence-corrected chi connectivity index (χ0v) is 14.4. The van der Waals surface area contributed by atoms with Gasteiger partial charge in [-0.1, -0.05) is 30.3 Å². The molecule has 0 aliphatic heterocycles. The minimum absolute atomic E-state index is 0.279. The average molecular weight is 360 g/mol. The lowest BCUT2D eigenvalue weighted by atomic mass is 10.1. The molecule has 1 heterocycles. The van der Waals surface area contributed by atoms with E-state index in [1.165, 1.54) is 18.2 Å². The number of amides is 1. The Morgan fingerprint density at radius 3 is 2.70 bits per heavy atom. The first-order valence-corrected chi connectivity index (χ1v) is 8.52. The molecule has 0 radical (unpaired) electrons. The summed E-state index contributed by atoms with van der Waals surface area (Å²) in [4.78, 5) is 19.9. The maximum atomic E-state index is 13.3. The molecule has 1 aromatic heterocycles. The van der Waals surface area contributed by atoms with Gasteiger partial charge in [-0.15, -0.1) is 0 Å². The summed E-state index contributed by atoms with van der Waals surface area (Å²) in [5.74, 6) is -0.103. The number of aromatic nitrogens is 2. The summed E-state index contributed by atoms with van der Waals surface area (Å²) < 4.78 is 13.3. The summed E-state index contributed by atoms with van der Waals surface area (Å²) in [5, 5.41) is 6.03. The van der Waals surface area contributed by atoms with E-state index in [9.17, 15) is 9.18 Å². The van der Waals surface area contributed by atoms with Gasteiger partial charge in [-0.2, -0.15) is 0 Å². The molecule has 0 fully saturated rings. The van der Waals surface area contributed by atoms with Gasteiger partial charge in [0.05, 0.1) is 11.0 Å². The molecule has 6 heteroatoms. The molecule has 3 aromatic carbocycles. The van der Waals surface area contributed by atoms with Gasteiger partial charge >= 0.3 is 0 Å². The number of hydrogen-bond acceptors (Lipinski definition) is 3. The quantitative estimate of drug-likeness (QED) is 0.488. The van der Waals surface area contributed by atoms with Crippen LogP contribution < -0.4 is 10.6 Å². The minimum atomic E-state index is -0.438. The molecule has 3 N–H and O–H groups in total. The highest BCUT2D eigenvalue weighted by Crippen LogP contribution is 2.16. The van der Waals surface area contributed by atoms with E-state index in [1.807, 2.05) is 42.5 Å². The second-order valence-corrected chi connectivity index (χ2v) is 6.12. The molecule has 134 valence electrons. The molecule has 0 atom stereocenters. The molecule has 4 aromatic rings. The first kappa shape index (κ1) is 16.8. The molecule has 0 saturated heterocycles. The zero-order chi connectivity index (χ0) is 18.6. The molecule has 5 nitrogen and oxygen atoms in total. The summed E-state index contributed by atoms with van der Waals surface area (Å²) in [6, 6.07) is 20.9. The molecule has 0 bridgehead atoms. The lowest BCUT2D eigenvalue weighted by molar-refractivity contribution is 0.102. The van der Waals surface area contributed by atoms with Gasteiger partial charge in [0.15, 0.2) is 0 Å². The van der Waals surface area contributed by atoms with Crippen LogP contribution in [0, 0.1) is 5.82 Å². The van der Waals surface area contributed by atoms with Crippen LogP contribution in [0.5, 0.6) is 0 Å². The number of rotatable bonds is 5. The fourth-order valence-electron chi connectivity index (χ4n) is 2.81. The summed E-state index contributed by atoms with van der Waals surface area (Å²) in [7, 11) is 0. The van der Waals surface area contributed by atoms with Crippen molar-refractivity contribution in [1.82, 2.24) is 9.97 Å². The number of H-pyrrole nitrogens is 1. The molecule has 0 saturated carbocycles. The number of halogens is 1. The minimum Gasteiger partial charge on any atom is -0.352 e. The number of anilines is 2. The Morgan fingerprint density at radius 2 is 1.85 bits per heavy atom. The van der Waals surface area contributed by atoms with Crippen molar-refractivity contribution in [2.24, 2.45) is 0 Å². The molecule has 0 aliphatic carbocycles. The fourth-order valence-corrected chi connectivity index (χ4v) is 2.81. The number of nitrogens with zero attached hydrogens (tertiary/aromatic N) is 1. The number of nitrogens with one attached hydrogen (secondary N) is 3. The number of imidazole rings is 1. The number of aromatic amines is 1. The second-order valence-electron chi connectivity index (χ2n) is 6.12.